The molecular weight excluding hydrogens is 210 g/mol. The van der Waals surface area contributed by atoms with Gasteiger partial charge >= 0.3 is 0 Å². The molecule has 0 radical (unpaired) electrons. The predicted molar refractivity (Wildman–Crippen MR) is 71.2 cm³/mol. The molecule has 2 aromatic rings. The summed E-state index contributed by atoms with van der Waals surface area (Å²) in [5, 5.41) is 5.43. The Hall–Kier alpha value is -1.67. The van der Waals surface area contributed by atoms with E-state index in [2.05, 4.69) is 42.6 Å². The Morgan fingerprint density at radius 2 is 1.76 bits per heavy atom. The molecule has 2 rings (SSSR count). The van der Waals surface area contributed by atoms with E-state index in [-0.39, 0.29) is 11.8 Å². The van der Waals surface area contributed by atoms with E-state index in [4.69, 9.17) is 0 Å². The third kappa shape index (κ3) is 2.37. The number of fused-ring (bicyclic) bond motifs is 1. The van der Waals surface area contributed by atoms with E-state index < -0.39 is 0 Å². The second-order valence-electron chi connectivity index (χ2n) is 4.44. The van der Waals surface area contributed by atoms with Crippen LogP contribution in [-0.2, 0) is 4.79 Å². The molecule has 1 atom stereocenters. The summed E-state index contributed by atoms with van der Waals surface area (Å²) in [6.45, 7) is 3.69. The van der Waals surface area contributed by atoms with E-state index in [1.165, 1.54) is 16.3 Å². The second kappa shape index (κ2) is 4.68. The maximum atomic E-state index is 11.5. The fraction of sp³-hybridized carbons (Fsp3) is 0.267. The van der Waals surface area contributed by atoms with E-state index in [9.17, 15) is 4.79 Å². The van der Waals surface area contributed by atoms with Crippen molar-refractivity contribution in [3.63, 3.8) is 0 Å². The standard InChI is InChI=1S/C15H17NO/c1-10-4-5-13-9-14(7-6-12(13)8-10)15(16-3)11(2)17/h4-9,15-16H,1-3H3. The van der Waals surface area contributed by atoms with Crippen LogP contribution in [0.3, 0.4) is 0 Å². The van der Waals surface area contributed by atoms with Gasteiger partial charge in [-0.25, -0.2) is 0 Å². The van der Waals surface area contributed by atoms with Crippen LogP contribution in [-0.4, -0.2) is 12.8 Å². The van der Waals surface area contributed by atoms with Crippen LogP contribution in [0.4, 0.5) is 0 Å². The van der Waals surface area contributed by atoms with Crippen LogP contribution in [0, 0.1) is 6.92 Å². The summed E-state index contributed by atoms with van der Waals surface area (Å²) in [7, 11) is 1.81. The number of carbonyl (C=O) groups is 1. The molecule has 0 spiro atoms. The third-order valence-electron chi connectivity index (χ3n) is 3.05. The second-order valence-corrected chi connectivity index (χ2v) is 4.44. The molecule has 17 heavy (non-hydrogen) atoms. The van der Waals surface area contributed by atoms with Crippen molar-refractivity contribution < 1.29 is 4.79 Å². The normalized spacial score (nSPS) is 12.6. The molecule has 1 unspecified atom stereocenters. The number of aryl methyl sites for hydroxylation is 1. The van der Waals surface area contributed by atoms with Gasteiger partial charge in [0.2, 0.25) is 0 Å². The molecule has 2 heteroatoms. The number of Topliss-reactive ketones (excluding diaryl/α,β-unsaturated/α-hetero) is 1. The zero-order valence-corrected chi connectivity index (χ0v) is 10.4. The van der Waals surface area contributed by atoms with Crippen LogP contribution >= 0.6 is 0 Å². The van der Waals surface area contributed by atoms with E-state index >= 15 is 0 Å². The highest BCUT2D eigenvalue weighted by Crippen LogP contribution is 2.21. The van der Waals surface area contributed by atoms with Crippen molar-refractivity contribution in [1.29, 1.82) is 0 Å². The van der Waals surface area contributed by atoms with Crippen LogP contribution in [0.25, 0.3) is 10.8 Å². The molecule has 0 aromatic heterocycles. The molecule has 0 aliphatic rings. The smallest absolute Gasteiger partial charge is 0.151 e. The van der Waals surface area contributed by atoms with E-state index in [0.717, 1.165) is 5.56 Å². The minimum Gasteiger partial charge on any atom is -0.307 e. The lowest BCUT2D eigenvalue weighted by Gasteiger charge is -2.13. The van der Waals surface area contributed by atoms with E-state index in [1.807, 2.05) is 13.1 Å². The van der Waals surface area contributed by atoms with Gasteiger partial charge in [0.05, 0.1) is 6.04 Å². The first-order valence-corrected chi connectivity index (χ1v) is 5.80. The summed E-state index contributed by atoms with van der Waals surface area (Å²) in [6, 6.07) is 12.3. The fourth-order valence-corrected chi connectivity index (χ4v) is 2.17. The topological polar surface area (TPSA) is 29.1 Å². The summed E-state index contributed by atoms with van der Waals surface area (Å²) < 4.78 is 0. The van der Waals surface area contributed by atoms with Gasteiger partial charge in [-0.1, -0.05) is 35.9 Å². The Morgan fingerprint density at radius 1 is 1.12 bits per heavy atom. The van der Waals surface area contributed by atoms with Gasteiger partial charge in [0.15, 0.2) is 5.78 Å². The molecule has 0 aliphatic carbocycles. The average Bonchev–Trinajstić information content (AvgIpc) is 2.29. The van der Waals surface area contributed by atoms with Crippen LogP contribution in [0.1, 0.15) is 24.1 Å². The predicted octanol–water partition coefficient (Wildman–Crippen LogP) is 3.00. The zero-order chi connectivity index (χ0) is 12.4. The molecule has 0 aliphatic heterocycles. The molecule has 1 N–H and O–H groups in total. The maximum Gasteiger partial charge on any atom is 0.151 e. The van der Waals surface area contributed by atoms with Crippen molar-refractivity contribution in [1.82, 2.24) is 5.32 Å². The average molecular weight is 227 g/mol. The minimum absolute atomic E-state index is 0.138. The number of ketones is 1. The van der Waals surface area contributed by atoms with Crippen molar-refractivity contribution in [3.8, 4) is 0 Å². The van der Waals surface area contributed by atoms with Crippen molar-refractivity contribution in [3.05, 3.63) is 47.5 Å². The lowest BCUT2D eigenvalue weighted by atomic mass is 9.99. The van der Waals surface area contributed by atoms with Crippen molar-refractivity contribution >= 4 is 16.6 Å². The molecule has 0 bridgehead atoms. The highest BCUT2D eigenvalue weighted by atomic mass is 16.1. The number of likely N-dealkylation sites (N-methyl/N-ethyl adjacent to an activating group) is 1. The SMILES string of the molecule is CNC(C(C)=O)c1ccc2cc(C)ccc2c1. The minimum atomic E-state index is -0.208. The largest absolute Gasteiger partial charge is 0.307 e. The van der Waals surface area contributed by atoms with Crippen LogP contribution in [0.5, 0.6) is 0 Å². The molecule has 2 aromatic carbocycles. The number of hydrogen-bond acceptors (Lipinski definition) is 2. The number of nitrogens with one attached hydrogen (secondary N) is 1. The molecule has 88 valence electrons. The third-order valence-corrected chi connectivity index (χ3v) is 3.05. The highest BCUT2D eigenvalue weighted by Gasteiger charge is 2.14. The molecule has 2 nitrogen and oxygen atoms in total. The quantitative estimate of drug-likeness (QED) is 0.873. The number of rotatable bonds is 3. The van der Waals surface area contributed by atoms with Crippen LogP contribution < -0.4 is 5.32 Å². The Labute approximate surface area is 102 Å². The monoisotopic (exact) mass is 227 g/mol. The van der Waals surface area contributed by atoms with E-state index in [1.54, 1.807) is 6.92 Å². The first-order valence-electron chi connectivity index (χ1n) is 5.80. The van der Waals surface area contributed by atoms with Gasteiger partial charge in [0, 0.05) is 0 Å². The Kier molecular flexibility index (Phi) is 3.25. The van der Waals surface area contributed by atoms with Gasteiger partial charge in [-0.2, -0.15) is 0 Å². The summed E-state index contributed by atoms with van der Waals surface area (Å²) in [5.74, 6) is 0.138. The molecule has 0 amide bonds. The molecular formula is C15H17NO. The van der Waals surface area contributed by atoms with E-state index in [0.29, 0.717) is 0 Å². The van der Waals surface area contributed by atoms with Crippen molar-refractivity contribution in [2.75, 3.05) is 7.05 Å². The van der Waals surface area contributed by atoms with Gasteiger partial charge in [0.1, 0.15) is 0 Å². The van der Waals surface area contributed by atoms with Gasteiger partial charge in [0.25, 0.3) is 0 Å². The number of hydrogen-bond donors (Lipinski definition) is 1. The summed E-state index contributed by atoms with van der Waals surface area (Å²) >= 11 is 0. The number of benzene rings is 2. The van der Waals surface area contributed by atoms with Crippen LogP contribution in [0.2, 0.25) is 0 Å². The first kappa shape index (κ1) is 11.8. The van der Waals surface area contributed by atoms with Gasteiger partial charge in [-0.05, 0) is 43.3 Å². The molecule has 0 fully saturated rings. The van der Waals surface area contributed by atoms with Gasteiger partial charge in [-0.3, -0.25) is 4.79 Å². The lowest BCUT2D eigenvalue weighted by molar-refractivity contribution is -0.119. The number of carbonyl (C=O) groups excluding carboxylic acids is 1. The summed E-state index contributed by atoms with van der Waals surface area (Å²) in [5.41, 5.74) is 2.28. The molecule has 0 saturated heterocycles. The lowest BCUT2D eigenvalue weighted by Crippen LogP contribution is -2.23. The summed E-state index contributed by atoms with van der Waals surface area (Å²) in [6.07, 6.45) is 0. The highest BCUT2D eigenvalue weighted by molar-refractivity contribution is 5.87. The zero-order valence-electron chi connectivity index (χ0n) is 10.4. The van der Waals surface area contributed by atoms with Gasteiger partial charge < -0.3 is 5.32 Å². The fourth-order valence-electron chi connectivity index (χ4n) is 2.17. The Bertz CT molecular complexity index is 560. The van der Waals surface area contributed by atoms with Crippen LogP contribution in [0.15, 0.2) is 36.4 Å². The summed E-state index contributed by atoms with van der Waals surface area (Å²) in [4.78, 5) is 11.5. The first-order chi connectivity index (χ1) is 8.11. The van der Waals surface area contributed by atoms with Crippen molar-refractivity contribution in [2.24, 2.45) is 0 Å². The van der Waals surface area contributed by atoms with Gasteiger partial charge in [-0.15, -0.1) is 0 Å². The maximum absolute atomic E-state index is 11.5. The van der Waals surface area contributed by atoms with Crippen molar-refractivity contribution in [2.45, 2.75) is 19.9 Å². The Balaban J connectivity index is 2.50. The molecule has 0 heterocycles. The molecule has 0 saturated carbocycles. The Morgan fingerprint density at radius 3 is 2.41 bits per heavy atom.